The minimum absolute atomic E-state index is 0.215. The van der Waals surface area contributed by atoms with Crippen molar-refractivity contribution in [1.29, 1.82) is 0 Å². The zero-order chi connectivity index (χ0) is 13.4. The van der Waals surface area contributed by atoms with Gasteiger partial charge in [-0.1, -0.05) is 0 Å². The topological polar surface area (TPSA) is 65.5 Å². The molecule has 5 nitrogen and oxygen atoms in total. The van der Waals surface area contributed by atoms with E-state index in [0.29, 0.717) is 34.3 Å². The van der Waals surface area contributed by atoms with Crippen LogP contribution in [0.5, 0.6) is 0 Å². The van der Waals surface area contributed by atoms with Crippen LogP contribution in [-0.4, -0.2) is 17.6 Å². The summed E-state index contributed by atoms with van der Waals surface area (Å²) in [5.41, 5.74) is 1.39. The van der Waals surface area contributed by atoms with Gasteiger partial charge >= 0.3 is 5.97 Å². The maximum absolute atomic E-state index is 11.9. The van der Waals surface area contributed by atoms with Crippen LogP contribution in [0.1, 0.15) is 41.9 Å². The van der Waals surface area contributed by atoms with Crippen LogP contribution in [0.15, 0.2) is 25.8 Å². The molecule has 0 N–H and O–H groups in total. The lowest BCUT2D eigenvalue weighted by molar-refractivity contribution is 0.0489. The summed E-state index contributed by atoms with van der Waals surface area (Å²) in [6.07, 6.45) is 3.60. The smallest absolute Gasteiger partial charge is 0.376 e. The molecule has 0 aliphatic heterocycles. The van der Waals surface area contributed by atoms with Crippen LogP contribution >= 0.6 is 15.9 Å². The molecule has 19 heavy (non-hydrogen) atoms. The van der Waals surface area contributed by atoms with Crippen LogP contribution in [0.3, 0.4) is 0 Å². The second-order valence-corrected chi connectivity index (χ2v) is 5.06. The summed E-state index contributed by atoms with van der Waals surface area (Å²) in [6.45, 7) is 2.08. The molecule has 0 atom stereocenters. The second kappa shape index (κ2) is 4.85. The third-order valence-corrected chi connectivity index (χ3v) is 3.54. The van der Waals surface area contributed by atoms with Gasteiger partial charge in [0.05, 0.1) is 24.1 Å². The van der Waals surface area contributed by atoms with Crippen molar-refractivity contribution < 1.29 is 18.4 Å². The number of ether oxygens (including phenoxy) is 1. The van der Waals surface area contributed by atoms with Crippen molar-refractivity contribution in [3.63, 3.8) is 0 Å². The van der Waals surface area contributed by atoms with Crippen molar-refractivity contribution in [2.24, 2.45) is 0 Å². The molecule has 2 heterocycles. The average Bonchev–Trinajstić information content (AvgIpc) is 2.99. The highest BCUT2D eigenvalue weighted by Crippen LogP contribution is 2.43. The van der Waals surface area contributed by atoms with E-state index >= 15 is 0 Å². The summed E-state index contributed by atoms with van der Waals surface area (Å²) in [7, 11) is 0. The minimum Gasteiger partial charge on any atom is -0.460 e. The van der Waals surface area contributed by atoms with Gasteiger partial charge in [-0.3, -0.25) is 0 Å². The highest BCUT2D eigenvalue weighted by molar-refractivity contribution is 9.10. The summed E-state index contributed by atoms with van der Waals surface area (Å²) >= 11 is 3.27. The number of carbonyl (C=O) groups is 1. The van der Waals surface area contributed by atoms with Crippen molar-refractivity contribution in [3.05, 3.63) is 28.5 Å². The first-order valence-electron chi connectivity index (χ1n) is 6.12. The molecule has 1 aliphatic carbocycles. The Hall–Kier alpha value is -1.56. The number of nitrogens with zero attached hydrogens (tertiary/aromatic N) is 1. The summed E-state index contributed by atoms with van der Waals surface area (Å²) in [5.74, 6) is 0.448. The highest BCUT2D eigenvalue weighted by atomic mass is 79.9. The fourth-order valence-electron chi connectivity index (χ4n) is 1.87. The van der Waals surface area contributed by atoms with Crippen LogP contribution in [0.2, 0.25) is 0 Å². The molecule has 3 rings (SSSR count). The van der Waals surface area contributed by atoms with Gasteiger partial charge in [-0.05, 0) is 41.8 Å². The van der Waals surface area contributed by atoms with Crippen LogP contribution in [0, 0.1) is 0 Å². The zero-order valence-corrected chi connectivity index (χ0v) is 11.9. The fourth-order valence-corrected chi connectivity index (χ4v) is 2.28. The van der Waals surface area contributed by atoms with E-state index in [2.05, 4.69) is 20.9 Å². The molecule has 2 aromatic heterocycles. The van der Waals surface area contributed by atoms with Crippen molar-refractivity contribution in [3.8, 4) is 11.5 Å². The van der Waals surface area contributed by atoms with Crippen LogP contribution in [0.25, 0.3) is 11.5 Å². The highest BCUT2D eigenvalue weighted by Gasteiger charge is 2.34. The molecule has 1 saturated carbocycles. The lowest BCUT2D eigenvalue weighted by atomic mass is 10.2. The maximum atomic E-state index is 11.9. The number of furan rings is 1. The first kappa shape index (κ1) is 12.5. The number of hydrogen-bond donors (Lipinski definition) is 0. The van der Waals surface area contributed by atoms with Crippen molar-refractivity contribution in [2.75, 3.05) is 6.61 Å². The molecule has 100 valence electrons. The predicted octanol–water partition coefficient (Wildman–Crippen LogP) is 3.75. The van der Waals surface area contributed by atoms with E-state index in [-0.39, 0.29) is 5.76 Å². The van der Waals surface area contributed by atoms with E-state index in [4.69, 9.17) is 13.6 Å². The van der Waals surface area contributed by atoms with Gasteiger partial charge in [0.2, 0.25) is 11.7 Å². The van der Waals surface area contributed by atoms with E-state index in [9.17, 15) is 4.79 Å². The molecule has 0 unspecified atom stereocenters. The number of esters is 1. The van der Waals surface area contributed by atoms with Gasteiger partial charge in [-0.15, -0.1) is 0 Å². The van der Waals surface area contributed by atoms with Crippen LogP contribution < -0.4 is 0 Å². The first-order valence-corrected chi connectivity index (χ1v) is 6.91. The normalized spacial score (nSPS) is 14.6. The molecule has 0 radical (unpaired) electrons. The summed E-state index contributed by atoms with van der Waals surface area (Å²) in [4.78, 5) is 16.3. The number of hydrogen-bond acceptors (Lipinski definition) is 5. The Kier molecular flexibility index (Phi) is 3.18. The lowest BCUT2D eigenvalue weighted by Gasteiger charge is -1.98. The largest absolute Gasteiger partial charge is 0.460 e. The number of carbonyl (C=O) groups excluding carboxylic acids is 1. The molecule has 1 fully saturated rings. The van der Waals surface area contributed by atoms with Gasteiger partial charge in [0.15, 0.2) is 4.67 Å². The SMILES string of the molecule is CCOC(=O)c1oc(-c2ccoc2Br)nc1C1CC1. The Morgan fingerprint density at radius 1 is 1.58 bits per heavy atom. The van der Waals surface area contributed by atoms with Gasteiger partial charge in [0, 0.05) is 5.92 Å². The number of halogens is 1. The average molecular weight is 326 g/mol. The van der Waals surface area contributed by atoms with Crippen LogP contribution in [0.4, 0.5) is 0 Å². The molecule has 1 aliphatic rings. The monoisotopic (exact) mass is 325 g/mol. The zero-order valence-electron chi connectivity index (χ0n) is 10.3. The van der Waals surface area contributed by atoms with E-state index in [0.717, 1.165) is 12.8 Å². The Morgan fingerprint density at radius 3 is 2.95 bits per heavy atom. The van der Waals surface area contributed by atoms with Gasteiger partial charge < -0.3 is 13.6 Å². The van der Waals surface area contributed by atoms with Crippen molar-refractivity contribution >= 4 is 21.9 Å². The summed E-state index contributed by atoms with van der Waals surface area (Å²) in [6, 6.07) is 1.74. The Labute approximate surface area is 118 Å². The minimum atomic E-state index is -0.456. The second-order valence-electron chi connectivity index (χ2n) is 4.34. The van der Waals surface area contributed by atoms with E-state index in [1.54, 1.807) is 13.0 Å². The van der Waals surface area contributed by atoms with Gasteiger partial charge in [0.1, 0.15) is 0 Å². The predicted molar refractivity (Wildman–Crippen MR) is 69.8 cm³/mol. The fraction of sp³-hybridized carbons (Fsp3) is 0.385. The summed E-state index contributed by atoms with van der Waals surface area (Å²) in [5, 5.41) is 0. The third kappa shape index (κ3) is 2.32. The van der Waals surface area contributed by atoms with E-state index in [1.165, 1.54) is 6.26 Å². The Morgan fingerprint density at radius 2 is 2.37 bits per heavy atom. The quantitative estimate of drug-likeness (QED) is 0.801. The van der Waals surface area contributed by atoms with Gasteiger partial charge in [-0.2, -0.15) is 0 Å². The number of oxazole rings is 1. The summed E-state index contributed by atoms with van der Waals surface area (Å²) < 4.78 is 16.3. The molecular formula is C13H12BrNO4. The molecule has 0 aromatic carbocycles. The number of rotatable bonds is 4. The first-order chi connectivity index (χ1) is 9.20. The van der Waals surface area contributed by atoms with Gasteiger partial charge in [-0.25, -0.2) is 9.78 Å². The van der Waals surface area contributed by atoms with Crippen molar-refractivity contribution in [1.82, 2.24) is 4.98 Å². The van der Waals surface area contributed by atoms with Gasteiger partial charge in [0.25, 0.3) is 0 Å². The van der Waals surface area contributed by atoms with Crippen molar-refractivity contribution in [2.45, 2.75) is 25.7 Å². The number of aromatic nitrogens is 1. The molecule has 0 amide bonds. The van der Waals surface area contributed by atoms with E-state index < -0.39 is 5.97 Å². The molecule has 0 saturated heterocycles. The molecule has 2 aromatic rings. The molecule has 0 spiro atoms. The molecular weight excluding hydrogens is 314 g/mol. The maximum Gasteiger partial charge on any atom is 0.376 e. The third-order valence-electron chi connectivity index (χ3n) is 2.93. The van der Waals surface area contributed by atoms with Crippen LogP contribution in [-0.2, 0) is 4.74 Å². The standard InChI is InChI=1S/C13H12BrNO4/c1-2-17-13(16)10-9(7-3-4-7)15-12(19-10)8-5-6-18-11(8)14/h5-7H,2-4H2,1H3. The molecule has 6 heteroatoms. The molecule has 0 bridgehead atoms. The van der Waals surface area contributed by atoms with E-state index in [1.807, 2.05) is 0 Å². The Balaban J connectivity index is 2.01. The Bertz CT molecular complexity index is 612. The lowest BCUT2D eigenvalue weighted by Crippen LogP contribution is -2.05.